The van der Waals surface area contributed by atoms with E-state index < -0.39 is 10.0 Å². The van der Waals surface area contributed by atoms with E-state index in [9.17, 15) is 8.42 Å². The van der Waals surface area contributed by atoms with Crippen molar-refractivity contribution in [1.29, 1.82) is 0 Å². The lowest BCUT2D eigenvalue weighted by atomic mass is 10.1. The van der Waals surface area contributed by atoms with Gasteiger partial charge < -0.3 is 4.90 Å². The van der Waals surface area contributed by atoms with Crippen molar-refractivity contribution in [2.75, 3.05) is 38.6 Å². The minimum absolute atomic E-state index is 0.0448. The zero-order valence-corrected chi connectivity index (χ0v) is 17.9. The number of hydrogen-bond acceptors (Lipinski definition) is 4. The summed E-state index contributed by atoms with van der Waals surface area (Å²) in [5.74, 6) is 0. The van der Waals surface area contributed by atoms with Gasteiger partial charge >= 0.3 is 0 Å². The smallest absolute Gasteiger partial charge is 0.240 e. The van der Waals surface area contributed by atoms with Crippen molar-refractivity contribution in [3.63, 3.8) is 0 Å². The summed E-state index contributed by atoms with van der Waals surface area (Å²) in [5.41, 5.74) is 3.42. The monoisotopic (exact) mass is 401 g/mol. The molecule has 2 aromatic rings. The standard InChI is InChI=1S/C22H31N3O2S/c1-4-18-7-13-21(14-8-18)28(26,27)23-17-22(25-15-5-6-16-25)19-9-11-20(12-10-19)24(2)3/h7-14,22-23H,4-6,15-17H2,1-3H3/t22-/m1/s1. The molecule has 0 aromatic heterocycles. The number of anilines is 1. The van der Waals surface area contributed by atoms with Gasteiger partial charge in [0.25, 0.3) is 0 Å². The lowest BCUT2D eigenvalue weighted by molar-refractivity contribution is 0.246. The molecule has 0 saturated carbocycles. The molecule has 0 aliphatic carbocycles. The van der Waals surface area contributed by atoms with E-state index in [1.54, 1.807) is 12.1 Å². The number of sulfonamides is 1. The number of likely N-dealkylation sites (tertiary alicyclic amines) is 1. The van der Waals surface area contributed by atoms with Crippen LogP contribution in [0.25, 0.3) is 0 Å². The molecule has 152 valence electrons. The molecule has 1 heterocycles. The van der Waals surface area contributed by atoms with E-state index in [2.05, 4.69) is 45.7 Å². The molecular formula is C22H31N3O2S. The van der Waals surface area contributed by atoms with Crippen molar-refractivity contribution in [3.8, 4) is 0 Å². The highest BCUT2D eigenvalue weighted by atomic mass is 32.2. The molecule has 0 bridgehead atoms. The SMILES string of the molecule is CCc1ccc(S(=O)(=O)NC[C@H](c2ccc(N(C)C)cc2)N2CCCC2)cc1. The van der Waals surface area contributed by atoms with Crippen LogP contribution >= 0.6 is 0 Å². The molecule has 28 heavy (non-hydrogen) atoms. The third kappa shape index (κ3) is 4.93. The molecule has 0 unspecified atom stereocenters. The Hall–Kier alpha value is -1.89. The Morgan fingerprint density at radius 2 is 1.61 bits per heavy atom. The minimum Gasteiger partial charge on any atom is -0.378 e. The second kappa shape index (κ2) is 9.07. The van der Waals surface area contributed by atoms with Gasteiger partial charge in [0, 0.05) is 32.4 Å². The average molecular weight is 402 g/mol. The lowest BCUT2D eigenvalue weighted by Gasteiger charge is -2.28. The van der Waals surface area contributed by atoms with Gasteiger partial charge in [-0.25, -0.2) is 13.1 Å². The Labute approximate surface area is 169 Å². The predicted octanol–water partition coefficient (Wildman–Crippen LogP) is 3.43. The van der Waals surface area contributed by atoms with Crippen LogP contribution in [-0.2, 0) is 16.4 Å². The van der Waals surface area contributed by atoms with Gasteiger partial charge in [0.2, 0.25) is 10.0 Å². The Morgan fingerprint density at radius 1 is 1.00 bits per heavy atom. The van der Waals surface area contributed by atoms with Gasteiger partial charge in [0.15, 0.2) is 0 Å². The molecule has 5 nitrogen and oxygen atoms in total. The van der Waals surface area contributed by atoms with Crippen molar-refractivity contribution in [3.05, 3.63) is 59.7 Å². The number of hydrogen-bond donors (Lipinski definition) is 1. The maximum Gasteiger partial charge on any atom is 0.240 e. The van der Waals surface area contributed by atoms with Gasteiger partial charge in [-0.3, -0.25) is 4.90 Å². The number of aryl methyl sites for hydroxylation is 1. The van der Waals surface area contributed by atoms with Crippen LogP contribution in [0.2, 0.25) is 0 Å². The molecule has 0 amide bonds. The second-order valence-electron chi connectivity index (χ2n) is 7.59. The molecular weight excluding hydrogens is 370 g/mol. The molecule has 0 spiro atoms. The molecule has 1 N–H and O–H groups in total. The summed E-state index contributed by atoms with van der Waals surface area (Å²) in [5, 5.41) is 0. The predicted molar refractivity (Wildman–Crippen MR) is 115 cm³/mol. The summed E-state index contributed by atoms with van der Waals surface area (Å²) in [4.78, 5) is 4.78. The van der Waals surface area contributed by atoms with Gasteiger partial charge in [-0.1, -0.05) is 31.2 Å². The summed E-state index contributed by atoms with van der Waals surface area (Å²) < 4.78 is 28.4. The zero-order chi connectivity index (χ0) is 20.1. The van der Waals surface area contributed by atoms with Crippen LogP contribution in [-0.4, -0.2) is 47.0 Å². The van der Waals surface area contributed by atoms with E-state index in [0.29, 0.717) is 11.4 Å². The molecule has 2 aromatic carbocycles. The Kier molecular flexibility index (Phi) is 6.75. The molecule has 1 aliphatic rings. The fraction of sp³-hybridized carbons (Fsp3) is 0.455. The summed E-state index contributed by atoms with van der Waals surface area (Å²) in [7, 11) is 0.513. The highest BCUT2D eigenvalue weighted by Crippen LogP contribution is 2.27. The van der Waals surface area contributed by atoms with Crippen LogP contribution in [0.5, 0.6) is 0 Å². The number of nitrogens with one attached hydrogen (secondary N) is 1. The molecule has 1 fully saturated rings. The first-order valence-corrected chi connectivity index (χ1v) is 11.5. The van der Waals surface area contributed by atoms with Crippen molar-refractivity contribution in [2.45, 2.75) is 37.1 Å². The third-order valence-electron chi connectivity index (χ3n) is 5.48. The summed E-state index contributed by atoms with van der Waals surface area (Å²) in [6.07, 6.45) is 3.22. The van der Waals surface area contributed by atoms with Crippen molar-refractivity contribution >= 4 is 15.7 Å². The Morgan fingerprint density at radius 3 is 2.14 bits per heavy atom. The van der Waals surface area contributed by atoms with E-state index in [-0.39, 0.29) is 6.04 Å². The summed E-state index contributed by atoms with van der Waals surface area (Å²) >= 11 is 0. The fourth-order valence-corrected chi connectivity index (χ4v) is 4.72. The van der Waals surface area contributed by atoms with Gasteiger partial charge in [-0.2, -0.15) is 0 Å². The van der Waals surface area contributed by atoms with Crippen molar-refractivity contribution in [1.82, 2.24) is 9.62 Å². The summed E-state index contributed by atoms with van der Waals surface area (Å²) in [6.45, 7) is 4.45. The van der Waals surface area contributed by atoms with E-state index in [0.717, 1.165) is 49.2 Å². The zero-order valence-electron chi connectivity index (χ0n) is 17.1. The van der Waals surface area contributed by atoms with Gasteiger partial charge in [-0.15, -0.1) is 0 Å². The molecule has 0 radical (unpaired) electrons. The maximum absolute atomic E-state index is 12.8. The molecule has 6 heteroatoms. The Bertz CT molecular complexity index is 856. The largest absolute Gasteiger partial charge is 0.378 e. The summed E-state index contributed by atoms with van der Waals surface area (Å²) in [6, 6.07) is 15.6. The lowest BCUT2D eigenvalue weighted by Crippen LogP contribution is -2.36. The first-order chi connectivity index (χ1) is 13.4. The van der Waals surface area contributed by atoms with Crippen LogP contribution < -0.4 is 9.62 Å². The molecule has 3 rings (SSSR count). The molecule has 1 aliphatic heterocycles. The molecule has 1 saturated heterocycles. The van der Waals surface area contributed by atoms with Crippen molar-refractivity contribution in [2.24, 2.45) is 0 Å². The Balaban J connectivity index is 1.77. The number of benzene rings is 2. The first kappa shape index (κ1) is 20.8. The highest BCUT2D eigenvalue weighted by Gasteiger charge is 2.25. The van der Waals surface area contributed by atoms with E-state index in [4.69, 9.17) is 0 Å². The third-order valence-corrected chi connectivity index (χ3v) is 6.92. The fourth-order valence-electron chi connectivity index (χ4n) is 3.68. The molecule has 1 atom stereocenters. The number of nitrogens with zero attached hydrogens (tertiary/aromatic N) is 2. The quantitative estimate of drug-likeness (QED) is 0.736. The van der Waals surface area contributed by atoms with E-state index >= 15 is 0 Å². The van der Waals surface area contributed by atoms with Crippen LogP contribution in [0.3, 0.4) is 0 Å². The van der Waals surface area contributed by atoms with Gasteiger partial charge in [0.05, 0.1) is 4.90 Å². The second-order valence-corrected chi connectivity index (χ2v) is 9.36. The van der Waals surface area contributed by atoms with Crippen LogP contribution in [0, 0.1) is 0 Å². The average Bonchev–Trinajstić information content (AvgIpc) is 3.23. The van der Waals surface area contributed by atoms with Gasteiger partial charge in [-0.05, 0) is 67.7 Å². The minimum atomic E-state index is -3.52. The maximum atomic E-state index is 12.8. The van der Waals surface area contributed by atoms with E-state index in [1.165, 1.54) is 0 Å². The normalized spacial score (nSPS) is 16.2. The first-order valence-electron chi connectivity index (χ1n) is 10.0. The van der Waals surface area contributed by atoms with Gasteiger partial charge in [0.1, 0.15) is 0 Å². The van der Waals surface area contributed by atoms with Crippen LogP contribution in [0.15, 0.2) is 53.4 Å². The van der Waals surface area contributed by atoms with Crippen LogP contribution in [0.1, 0.15) is 36.9 Å². The topological polar surface area (TPSA) is 52.7 Å². The highest BCUT2D eigenvalue weighted by molar-refractivity contribution is 7.89. The van der Waals surface area contributed by atoms with E-state index in [1.807, 2.05) is 26.2 Å². The van der Waals surface area contributed by atoms with Crippen LogP contribution in [0.4, 0.5) is 5.69 Å². The van der Waals surface area contributed by atoms with Crippen molar-refractivity contribution < 1.29 is 8.42 Å². The number of rotatable bonds is 8.